The number of rotatable bonds is 8. The van der Waals surface area contributed by atoms with Gasteiger partial charge in [-0.25, -0.2) is 4.79 Å². The second-order valence-corrected chi connectivity index (χ2v) is 9.98. The van der Waals surface area contributed by atoms with Crippen LogP contribution in [0.4, 0.5) is 10.5 Å². The predicted octanol–water partition coefficient (Wildman–Crippen LogP) is 4.68. The summed E-state index contributed by atoms with van der Waals surface area (Å²) in [5, 5.41) is 6.24. The van der Waals surface area contributed by atoms with E-state index in [9.17, 15) is 9.59 Å². The first-order valence-corrected chi connectivity index (χ1v) is 12.6. The topological polar surface area (TPSA) is 64.7 Å². The monoisotopic (exact) mass is 442 g/mol. The lowest BCUT2D eigenvalue weighted by molar-refractivity contribution is -0.129. The number of urea groups is 1. The minimum absolute atomic E-state index is 0.0550. The quantitative estimate of drug-likeness (QED) is 0.614. The van der Waals surface area contributed by atoms with Crippen molar-refractivity contribution in [3.05, 3.63) is 29.8 Å². The van der Waals surface area contributed by atoms with E-state index < -0.39 is 0 Å². The van der Waals surface area contributed by atoms with Gasteiger partial charge in [-0.05, 0) is 48.3 Å². The first-order valence-electron chi connectivity index (χ1n) is 12.6. The zero-order valence-electron chi connectivity index (χ0n) is 20.4. The number of piperazine rings is 1. The van der Waals surface area contributed by atoms with Gasteiger partial charge in [-0.2, -0.15) is 0 Å². The van der Waals surface area contributed by atoms with Crippen LogP contribution < -0.4 is 10.6 Å². The summed E-state index contributed by atoms with van der Waals surface area (Å²) in [4.78, 5) is 30.1. The second kappa shape index (κ2) is 11.7. The highest BCUT2D eigenvalue weighted by molar-refractivity contribution is 5.89. The lowest BCUT2D eigenvalue weighted by Gasteiger charge is -2.40. The Morgan fingerprint density at radius 3 is 2.19 bits per heavy atom. The molecule has 6 heteroatoms. The van der Waals surface area contributed by atoms with Gasteiger partial charge in [0.25, 0.3) is 0 Å². The van der Waals surface area contributed by atoms with Gasteiger partial charge < -0.3 is 15.5 Å². The average molecular weight is 443 g/mol. The largest absolute Gasteiger partial charge is 0.354 e. The van der Waals surface area contributed by atoms with E-state index in [0.29, 0.717) is 30.8 Å². The summed E-state index contributed by atoms with van der Waals surface area (Å²) in [6.45, 7) is 12.2. The molecule has 1 heterocycles. The van der Waals surface area contributed by atoms with Crippen molar-refractivity contribution in [2.24, 2.45) is 11.8 Å². The molecule has 1 aliphatic heterocycles. The van der Waals surface area contributed by atoms with Crippen molar-refractivity contribution in [2.75, 3.05) is 38.0 Å². The van der Waals surface area contributed by atoms with Gasteiger partial charge in [-0.3, -0.25) is 9.69 Å². The SMILES string of the molecule is CCC(C)CNC(=O)C(C1CCCC1)N1CCN(C(=O)Nc2ccc(C(C)C)cc2)CC1. The van der Waals surface area contributed by atoms with Crippen molar-refractivity contribution in [3.8, 4) is 0 Å². The van der Waals surface area contributed by atoms with Crippen LogP contribution in [-0.4, -0.2) is 60.5 Å². The van der Waals surface area contributed by atoms with Crippen molar-refractivity contribution in [1.29, 1.82) is 0 Å². The van der Waals surface area contributed by atoms with Gasteiger partial charge in [0.15, 0.2) is 0 Å². The highest BCUT2D eigenvalue weighted by Gasteiger charge is 2.37. The summed E-state index contributed by atoms with van der Waals surface area (Å²) >= 11 is 0. The third-order valence-electron chi connectivity index (χ3n) is 7.26. The van der Waals surface area contributed by atoms with Gasteiger partial charge in [0, 0.05) is 38.4 Å². The Balaban J connectivity index is 1.55. The molecule has 2 atom stereocenters. The number of hydrogen-bond acceptors (Lipinski definition) is 3. The standard InChI is InChI=1S/C26H42N4O2/c1-5-20(4)18-27-25(31)24(22-8-6-7-9-22)29-14-16-30(17-15-29)26(32)28-23-12-10-21(11-13-23)19(2)3/h10-13,19-20,22,24H,5-9,14-18H2,1-4H3,(H,27,31)(H,28,32). The van der Waals surface area contributed by atoms with Crippen LogP contribution >= 0.6 is 0 Å². The summed E-state index contributed by atoms with van der Waals surface area (Å²) < 4.78 is 0. The fourth-order valence-corrected chi connectivity index (χ4v) is 4.83. The molecule has 178 valence electrons. The first kappa shape index (κ1) is 24.6. The molecule has 2 unspecified atom stereocenters. The number of nitrogens with one attached hydrogen (secondary N) is 2. The molecule has 0 aromatic heterocycles. The highest BCUT2D eigenvalue weighted by atomic mass is 16.2. The molecule has 3 amide bonds. The van der Waals surface area contributed by atoms with E-state index in [0.717, 1.165) is 44.6 Å². The van der Waals surface area contributed by atoms with Crippen LogP contribution in [-0.2, 0) is 4.79 Å². The Labute approximate surface area is 194 Å². The molecule has 0 bridgehead atoms. The zero-order chi connectivity index (χ0) is 23.1. The maximum Gasteiger partial charge on any atom is 0.321 e. The van der Waals surface area contributed by atoms with Gasteiger partial charge in [-0.15, -0.1) is 0 Å². The van der Waals surface area contributed by atoms with Crippen LogP contribution in [0, 0.1) is 11.8 Å². The molecular weight excluding hydrogens is 400 g/mol. The number of hydrogen-bond donors (Lipinski definition) is 2. The molecule has 0 spiro atoms. The Bertz CT molecular complexity index is 735. The fourth-order valence-electron chi connectivity index (χ4n) is 4.83. The van der Waals surface area contributed by atoms with Gasteiger partial charge in [-0.1, -0.05) is 59.1 Å². The van der Waals surface area contributed by atoms with Crippen molar-refractivity contribution in [1.82, 2.24) is 15.1 Å². The summed E-state index contributed by atoms with van der Waals surface area (Å²) in [5.41, 5.74) is 2.09. The number of anilines is 1. The van der Waals surface area contributed by atoms with E-state index >= 15 is 0 Å². The van der Waals surface area contributed by atoms with E-state index in [-0.39, 0.29) is 18.0 Å². The van der Waals surface area contributed by atoms with Crippen LogP contribution in [0.15, 0.2) is 24.3 Å². The minimum Gasteiger partial charge on any atom is -0.354 e. The molecule has 2 aliphatic rings. The van der Waals surface area contributed by atoms with Crippen LogP contribution in [0.25, 0.3) is 0 Å². The van der Waals surface area contributed by atoms with Crippen LogP contribution in [0.3, 0.4) is 0 Å². The maximum absolute atomic E-state index is 13.1. The maximum atomic E-state index is 13.1. The number of nitrogens with zero attached hydrogens (tertiary/aromatic N) is 2. The molecule has 1 saturated carbocycles. The highest BCUT2D eigenvalue weighted by Crippen LogP contribution is 2.31. The van der Waals surface area contributed by atoms with E-state index in [2.05, 4.69) is 55.4 Å². The third kappa shape index (κ3) is 6.47. The molecule has 2 N–H and O–H groups in total. The van der Waals surface area contributed by atoms with Gasteiger partial charge >= 0.3 is 6.03 Å². The van der Waals surface area contributed by atoms with Crippen molar-refractivity contribution < 1.29 is 9.59 Å². The first-order chi connectivity index (χ1) is 15.4. The number of carbonyl (C=O) groups excluding carboxylic acids is 2. The van der Waals surface area contributed by atoms with Crippen molar-refractivity contribution >= 4 is 17.6 Å². The number of amides is 3. The predicted molar refractivity (Wildman–Crippen MR) is 131 cm³/mol. The van der Waals surface area contributed by atoms with Crippen LogP contribution in [0.2, 0.25) is 0 Å². The molecule has 3 rings (SSSR count). The van der Waals surface area contributed by atoms with E-state index in [1.54, 1.807) is 0 Å². The summed E-state index contributed by atoms with van der Waals surface area (Å²) in [6.07, 6.45) is 5.78. The van der Waals surface area contributed by atoms with Crippen LogP contribution in [0.5, 0.6) is 0 Å². The van der Waals surface area contributed by atoms with Crippen molar-refractivity contribution in [3.63, 3.8) is 0 Å². The summed E-state index contributed by atoms with van der Waals surface area (Å²) in [5.74, 6) is 1.59. The fraction of sp³-hybridized carbons (Fsp3) is 0.692. The lowest BCUT2D eigenvalue weighted by atomic mass is 9.94. The molecule has 2 fully saturated rings. The summed E-state index contributed by atoms with van der Waals surface area (Å²) in [7, 11) is 0. The molecule has 1 aromatic carbocycles. The lowest BCUT2D eigenvalue weighted by Crippen LogP contribution is -2.58. The number of benzene rings is 1. The number of carbonyl (C=O) groups is 2. The zero-order valence-corrected chi connectivity index (χ0v) is 20.4. The van der Waals surface area contributed by atoms with E-state index in [1.165, 1.54) is 18.4 Å². The summed E-state index contributed by atoms with van der Waals surface area (Å²) in [6, 6.07) is 7.98. The van der Waals surface area contributed by atoms with Crippen LogP contribution in [0.1, 0.15) is 71.3 Å². The van der Waals surface area contributed by atoms with Crippen molar-refractivity contribution in [2.45, 2.75) is 71.8 Å². The molecule has 0 radical (unpaired) electrons. The van der Waals surface area contributed by atoms with Gasteiger partial charge in [0.05, 0.1) is 6.04 Å². The third-order valence-corrected chi connectivity index (χ3v) is 7.26. The van der Waals surface area contributed by atoms with E-state index in [1.807, 2.05) is 17.0 Å². The smallest absolute Gasteiger partial charge is 0.321 e. The van der Waals surface area contributed by atoms with Gasteiger partial charge in [0.1, 0.15) is 0 Å². The Kier molecular flexibility index (Phi) is 8.97. The molecular formula is C26H42N4O2. The molecule has 1 aliphatic carbocycles. The van der Waals surface area contributed by atoms with E-state index in [4.69, 9.17) is 0 Å². The minimum atomic E-state index is -0.0599. The molecule has 6 nitrogen and oxygen atoms in total. The Hall–Kier alpha value is -2.08. The Morgan fingerprint density at radius 1 is 1.00 bits per heavy atom. The molecule has 1 aromatic rings. The molecule has 1 saturated heterocycles. The Morgan fingerprint density at radius 2 is 1.62 bits per heavy atom. The normalized spacial score (nSPS) is 19.7. The molecule has 32 heavy (non-hydrogen) atoms. The van der Waals surface area contributed by atoms with Gasteiger partial charge in [0.2, 0.25) is 5.91 Å². The average Bonchev–Trinajstić information content (AvgIpc) is 3.32. The second-order valence-electron chi connectivity index (χ2n) is 9.98.